The zero-order valence-corrected chi connectivity index (χ0v) is 12.0. The van der Waals surface area contributed by atoms with E-state index in [1.807, 2.05) is 48.5 Å². The molecule has 106 valence electrons. The van der Waals surface area contributed by atoms with Gasteiger partial charge in [-0.1, -0.05) is 36.4 Å². The van der Waals surface area contributed by atoms with E-state index >= 15 is 0 Å². The molecule has 1 aromatic heterocycles. The van der Waals surface area contributed by atoms with Crippen molar-refractivity contribution in [1.82, 2.24) is 4.98 Å². The highest BCUT2D eigenvalue weighted by molar-refractivity contribution is 6.08. The van der Waals surface area contributed by atoms with Gasteiger partial charge in [0, 0.05) is 10.8 Å². The largest absolute Gasteiger partial charge is 0.467 e. The molecule has 0 unspecified atom stereocenters. The van der Waals surface area contributed by atoms with Gasteiger partial charge in [0.05, 0.1) is 23.8 Å². The van der Waals surface area contributed by atoms with Crippen LogP contribution in [0.2, 0.25) is 0 Å². The van der Waals surface area contributed by atoms with E-state index in [-0.39, 0.29) is 5.97 Å². The molecular formula is C17H16N2O2. The molecular weight excluding hydrogens is 264 g/mol. The highest BCUT2D eigenvalue weighted by Gasteiger charge is 2.16. The number of fused-ring (bicyclic) bond motifs is 2. The first-order valence-corrected chi connectivity index (χ1v) is 6.82. The van der Waals surface area contributed by atoms with Crippen LogP contribution in [0, 0.1) is 0 Å². The second kappa shape index (κ2) is 5.40. The van der Waals surface area contributed by atoms with E-state index in [0.717, 1.165) is 27.5 Å². The number of anilines is 1. The third-order valence-electron chi connectivity index (χ3n) is 3.50. The van der Waals surface area contributed by atoms with Crippen molar-refractivity contribution in [2.45, 2.75) is 13.0 Å². The fraction of sp³-hybridized carbons (Fsp3) is 0.176. The minimum Gasteiger partial charge on any atom is -0.467 e. The fourth-order valence-electron chi connectivity index (χ4n) is 2.45. The maximum Gasteiger partial charge on any atom is 0.327 e. The number of hydrogen-bond donors (Lipinski definition) is 1. The van der Waals surface area contributed by atoms with Gasteiger partial charge in [-0.05, 0) is 19.1 Å². The average molecular weight is 280 g/mol. The normalized spacial score (nSPS) is 12.3. The molecule has 0 aliphatic carbocycles. The molecule has 2 aromatic carbocycles. The maximum absolute atomic E-state index is 11.7. The Morgan fingerprint density at radius 2 is 1.57 bits per heavy atom. The molecule has 0 fully saturated rings. The van der Waals surface area contributed by atoms with Gasteiger partial charge < -0.3 is 10.1 Å². The Labute approximate surface area is 122 Å². The lowest BCUT2D eigenvalue weighted by Crippen LogP contribution is -2.27. The lowest BCUT2D eigenvalue weighted by atomic mass is 10.1. The molecule has 4 heteroatoms. The summed E-state index contributed by atoms with van der Waals surface area (Å²) in [4.78, 5) is 16.3. The number of nitrogens with one attached hydrogen (secondary N) is 1. The Kier molecular flexibility index (Phi) is 3.44. The van der Waals surface area contributed by atoms with E-state index in [2.05, 4.69) is 10.3 Å². The molecule has 4 nitrogen and oxygen atoms in total. The summed E-state index contributed by atoms with van der Waals surface area (Å²) in [6.45, 7) is 1.79. The molecule has 0 spiro atoms. The van der Waals surface area contributed by atoms with E-state index < -0.39 is 6.04 Å². The van der Waals surface area contributed by atoms with Crippen molar-refractivity contribution in [1.29, 1.82) is 0 Å². The van der Waals surface area contributed by atoms with Crippen LogP contribution >= 0.6 is 0 Å². The second-order valence-electron chi connectivity index (χ2n) is 4.91. The molecule has 0 bridgehead atoms. The molecule has 1 atom stereocenters. The molecule has 0 saturated heterocycles. The summed E-state index contributed by atoms with van der Waals surface area (Å²) in [7, 11) is 1.39. The number of esters is 1. The van der Waals surface area contributed by atoms with Gasteiger partial charge in [-0.3, -0.25) is 0 Å². The molecule has 21 heavy (non-hydrogen) atoms. The second-order valence-corrected chi connectivity index (χ2v) is 4.91. The lowest BCUT2D eigenvalue weighted by molar-refractivity contribution is -0.141. The van der Waals surface area contributed by atoms with Crippen molar-refractivity contribution in [3.8, 4) is 0 Å². The third-order valence-corrected chi connectivity index (χ3v) is 3.50. The first-order valence-electron chi connectivity index (χ1n) is 6.82. The molecule has 0 radical (unpaired) electrons. The molecule has 0 aliphatic heterocycles. The first-order chi connectivity index (χ1) is 10.2. The molecule has 1 heterocycles. The van der Waals surface area contributed by atoms with E-state index in [1.165, 1.54) is 7.11 Å². The van der Waals surface area contributed by atoms with Crippen molar-refractivity contribution >= 4 is 33.5 Å². The number of methoxy groups -OCH3 is 1. The van der Waals surface area contributed by atoms with Crippen LogP contribution in [0.3, 0.4) is 0 Å². The Bertz CT molecular complexity index is 760. The number of benzene rings is 2. The molecule has 0 aliphatic rings. The van der Waals surface area contributed by atoms with Gasteiger partial charge in [0.2, 0.25) is 0 Å². The number of pyridine rings is 1. The number of hydrogen-bond acceptors (Lipinski definition) is 4. The lowest BCUT2D eigenvalue weighted by Gasteiger charge is -2.17. The SMILES string of the molecule is COC(=O)[C@@H](C)Nc1c2ccccc2nc2ccccc12. The predicted molar refractivity (Wildman–Crippen MR) is 84.3 cm³/mol. The van der Waals surface area contributed by atoms with Crippen LogP contribution in [0.5, 0.6) is 0 Å². The Morgan fingerprint density at radius 3 is 2.10 bits per heavy atom. The van der Waals surface area contributed by atoms with Crippen LogP contribution in [-0.4, -0.2) is 24.1 Å². The quantitative estimate of drug-likeness (QED) is 0.590. The highest BCUT2D eigenvalue weighted by Crippen LogP contribution is 2.31. The molecule has 0 saturated carbocycles. The van der Waals surface area contributed by atoms with Crippen LogP contribution in [0.1, 0.15) is 6.92 Å². The van der Waals surface area contributed by atoms with E-state index in [4.69, 9.17) is 4.74 Å². The summed E-state index contributed by atoms with van der Waals surface area (Å²) < 4.78 is 4.79. The zero-order chi connectivity index (χ0) is 14.8. The van der Waals surface area contributed by atoms with Gasteiger partial charge >= 0.3 is 5.97 Å². The van der Waals surface area contributed by atoms with Crippen molar-refractivity contribution in [3.63, 3.8) is 0 Å². The number of rotatable bonds is 3. The van der Waals surface area contributed by atoms with Crippen molar-refractivity contribution < 1.29 is 9.53 Å². The standard InChI is InChI=1S/C17H16N2O2/c1-11(17(20)21-2)18-16-12-7-3-5-9-14(12)19-15-10-6-4-8-13(15)16/h3-11H,1-2H3,(H,18,19)/t11-/m1/s1. The number of carbonyl (C=O) groups excluding carboxylic acids is 1. The highest BCUT2D eigenvalue weighted by atomic mass is 16.5. The molecule has 3 rings (SSSR count). The third kappa shape index (κ3) is 2.40. The van der Waals surface area contributed by atoms with Crippen LogP contribution in [-0.2, 0) is 9.53 Å². The number of aromatic nitrogens is 1. The smallest absolute Gasteiger partial charge is 0.327 e. The van der Waals surface area contributed by atoms with Crippen molar-refractivity contribution in [2.24, 2.45) is 0 Å². The van der Waals surface area contributed by atoms with Gasteiger partial charge in [0.15, 0.2) is 0 Å². The monoisotopic (exact) mass is 280 g/mol. The summed E-state index contributed by atoms with van der Waals surface area (Å²) >= 11 is 0. The summed E-state index contributed by atoms with van der Waals surface area (Å²) in [5.41, 5.74) is 2.71. The fourth-order valence-corrected chi connectivity index (χ4v) is 2.45. The summed E-state index contributed by atoms with van der Waals surface area (Å²) in [6, 6.07) is 15.4. The van der Waals surface area contributed by atoms with Crippen LogP contribution < -0.4 is 5.32 Å². The van der Waals surface area contributed by atoms with Crippen molar-refractivity contribution in [2.75, 3.05) is 12.4 Å². The minimum absolute atomic E-state index is 0.292. The van der Waals surface area contributed by atoms with E-state index in [9.17, 15) is 4.79 Å². The Morgan fingerprint density at radius 1 is 1.05 bits per heavy atom. The summed E-state index contributed by atoms with van der Waals surface area (Å²) in [5, 5.41) is 5.25. The van der Waals surface area contributed by atoms with Crippen molar-refractivity contribution in [3.05, 3.63) is 48.5 Å². The molecule has 0 amide bonds. The number of ether oxygens (including phenoxy) is 1. The molecule has 3 aromatic rings. The number of nitrogens with zero attached hydrogens (tertiary/aromatic N) is 1. The Balaban J connectivity index is 2.22. The van der Waals surface area contributed by atoms with Gasteiger partial charge in [-0.2, -0.15) is 0 Å². The summed E-state index contributed by atoms with van der Waals surface area (Å²) in [5.74, 6) is -0.292. The van der Waals surface area contributed by atoms with Crippen LogP contribution in [0.25, 0.3) is 21.8 Å². The van der Waals surface area contributed by atoms with Gasteiger partial charge in [-0.15, -0.1) is 0 Å². The summed E-state index contributed by atoms with van der Waals surface area (Å²) in [6.07, 6.45) is 0. The maximum atomic E-state index is 11.7. The topological polar surface area (TPSA) is 51.2 Å². The van der Waals surface area contributed by atoms with Crippen LogP contribution in [0.4, 0.5) is 5.69 Å². The van der Waals surface area contributed by atoms with Gasteiger partial charge in [0.25, 0.3) is 0 Å². The van der Waals surface area contributed by atoms with E-state index in [1.54, 1.807) is 6.92 Å². The first kappa shape index (κ1) is 13.4. The van der Waals surface area contributed by atoms with E-state index in [0.29, 0.717) is 0 Å². The van der Waals surface area contributed by atoms with Crippen LogP contribution in [0.15, 0.2) is 48.5 Å². The van der Waals surface area contributed by atoms with Gasteiger partial charge in [-0.25, -0.2) is 9.78 Å². The molecule has 1 N–H and O–H groups in total. The average Bonchev–Trinajstić information content (AvgIpc) is 2.53. The minimum atomic E-state index is -0.427. The number of para-hydroxylation sites is 2. The Hall–Kier alpha value is -2.62. The number of carbonyl (C=O) groups is 1. The zero-order valence-electron chi connectivity index (χ0n) is 12.0. The van der Waals surface area contributed by atoms with Gasteiger partial charge in [0.1, 0.15) is 6.04 Å². The predicted octanol–water partition coefficient (Wildman–Crippen LogP) is 3.36.